The standard InChI is InChI=1S/C18H19N3O2/c1-13-4-3-5-14(10-13)11-19-12-17-20-21-18(23-17)15-6-8-16(22-2)9-7-15/h3-10,19H,11-12H2,1-2H3. The zero-order valence-corrected chi connectivity index (χ0v) is 13.2. The van der Waals surface area contributed by atoms with Crippen LogP contribution in [0, 0.1) is 6.92 Å². The molecule has 0 amide bonds. The first kappa shape index (κ1) is 15.2. The van der Waals surface area contributed by atoms with Crippen molar-refractivity contribution < 1.29 is 9.15 Å². The topological polar surface area (TPSA) is 60.2 Å². The minimum Gasteiger partial charge on any atom is -0.497 e. The van der Waals surface area contributed by atoms with Crippen molar-refractivity contribution in [1.82, 2.24) is 15.5 Å². The molecule has 0 atom stereocenters. The lowest BCUT2D eigenvalue weighted by Gasteiger charge is -2.03. The van der Waals surface area contributed by atoms with Gasteiger partial charge in [0.15, 0.2) is 0 Å². The molecule has 2 aromatic carbocycles. The Hall–Kier alpha value is -2.66. The lowest BCUT2D eigenvalue weighted by atomic mass is 10.1. The first-order chi connectivity index (χ1) is 11.2. The zero-order chi connectivity index (χ0) is 16.1. The Kier molecular flexibility index (Phi) is 4.68. The quantitative estimate of drug-likeness (QED) is 0.756. The van der Waals surface area contributed by atoms with Crippen LogP contribution in [0.4, 0.5) is 0 Å². The first-order valence-corrected chi connectivity index (χ1v) is 7.47. The molecule has 0 radical (unpaired) electrons. The monoisotopic (exact) mass is 309 g/mol. The molecule has 1 aromatic heterocycles. The van der Waals surface area contributed by atoms with Gasteiger partial charge in [-0.05, 0) is 36.8 Å². The second-order valence-corrected chi connectivity index (χ2v) is 5.32. The number of nitrogens with zero attached hydrogens (tertiary/aromatic N) is 2. The summed E-state index contributed by atoms with van der Waals surface area (Å²) in [4.78, 5) is 0. The summed E-state index contributed by atoms with van der Waals surface area (Å²) in [7, 11) is 1.64. The highest BCUT2D eigenvalue weighted by Gasteiger charge is 2.08. The maximum Gasteiger partial charge on any atom is 0.247 e. The van der Waals surface area contributed by atoms with Crippen LogP contribution in [0.15, 0.2) is 52.9 Å². The number of hydrogen-bond acceptors (Lipinski definition) is 5. The molecule has 5 nitrogen and oxygen atoms in total. The third kappa shape index (κ3) is 3.96. The fraction of sp³-hybridized carbons (Fsp3) is 0.222. The Morgan fingerprint density at radius 1 is 1.04 bits per heavy atom. The van der Waals surface area contributed by atoms with Crippen molar-refractivity contribution in [2.24, 2.45) is 0 Å². The second-order valence-electron chi connectivity index (χ2n) is 5.32. The molecule has 0 saturated heterocycles. The maximum atomic E-state index is 5.68. The molecule has 118 valence electrons. The van der Waals surface area contributed by atoms with Gasteiger partial charge in [-0.1, -0.05) is 29.8 Å². The van der Waals surface area contributed by atoms with Gasteiger partial charge in [0.05, 0.1) is 13.7 Å². The van der Waals surface area contributed by atoms with Gasteiger partial charge in [0.2, 0.25) is 11.8 Å². The Morgan fingerprint density at radius 2 is 1.87 bits per heavy atom. The SMILES string of the molecule is COc1ccc(-c2nnc(CNCc3cccc(C)c3)o2)cc1. The van der Waals surface area contributed by atoms with E-state index in [1.54, 1.807) is 7.11 Å². The molecule has 1 heterocycles. The molecule has 1 N–H and O–H groups in total. The molecule has 0 fully saturated rings. The van der Waals surface area contributed by atoms with E-state index in [1.165, 1.54) is 11.1 Å². The molecule has 0 unspecified atom stereocenters. The van der Waals surface area contributed by atoms with E-state index in [9.17, 15) is 0 Å². The molecule has 0 aliphatic carbocycles. The van der Waals surface area contributed by atoms with Crippen molar-refractivity contribution in [2.45, 2.75) is 20.0 Å². The van der Waals surface area contributed by atoms with Crippen LogP contribution in [0.3, 0.4) is 0 Å². The summed E-state index contributed by atoms with van der Waals surface area (Å²) in [5, 5.41) is 11.5. The van der Waals surface area contributed by atoms with Gasteiger partial charge < -0.3 is 14.5 Å². The van der Waals surface area contributed by atoms with Gasteiger partial charge in [0, 0.05) is 12.1 Å². The minimum absolute atomic E-state index is 0.514. The van der Waals surface area contributed by atoms with Crippen LogP contribution < -0.4 is 10.1 Å². The highest BCUT2D eigenvalue weighted by atomic mass is 16.5. The van der Waals surface area contributed by atoms with E-state index < -0.39 is 0 Å². The van der Waals surface area contributed by atoms with Gasteiger partial charge in [0.1, 0.15) is 5.75 Å². The van der Waals surface area contributed by atoms with Crippen LogP contribution in [0.1, 0.15) is 17.0 Å². The predicted octanol–water partition coefficient (Wildman–Crippen LogP) is 3.34. The lowest BCUT2D eigenvalue weighted by molar-refractivity contribution is 0.415. The highest BCUT2D eigenvalue weighted by Crippen LogP contribution is 2.21. The number of aryl methyl sites for hydroxylation is 1. The number of rotatable bonds is 6. The summed E-state index contributed by atoms with van der Waals surface area (Å²) in [5.41, 5.74) is 3.37. The molecule has 0 saturated carbocycles. The third-order valence-electron chi connectivity index (χ3n) is 3.49. The molecular weight excluding hydrogens is 290 g/mol. The number of benzene rings is 2. The van der Waals surface area contributed by atoms with Crippen molar-refractivity contribution in [3.05, 3.63) is 65.5 Å². The van der Waals surface area contributed by atoms with Crippen molar-refractivity contribution >= 4 is 0 Å². The smallest absolute Gasteiger partial charge is 0.247 e. The molecule has 0 aliphatic rings. The zero-order valence-electron chi connectivity index (χ0n) is 13.2. The maximum absolute atomic E-state index is 5.68. The second kappa shape index (κ2) is 7.07. The van der Waals surface area contributed by atoms with E-state index in [4.69, 9.17) is 9.15 Å². The summed E-state index contributed by atoms with van der Waals surface area (Å²) < 4.78 is 10.8. The van der Waals surface area contributed by atoms with E-state index in [0.717, 1.165) is 17.9 Å². The number of aromatic nitrogens is 2. The Morgan fingerprint density at radius 3 is 2.61 bits per heavy atom. The van der Waals surface area contributed by atoms with Gasteiger partial charge in [0.25, 0.3) is 0 Å². The van der Waals surface area contributed by atoms with Crippen LogP contribution in [0.2, 0.25) is 0 Å². The number of nitrogens with one attached hydrogen (secondary N) is 1. The van der Waals surface area contributed by atoms with Gasteiger partial charge in [-0.25, -0.2) is 0 Å². The van der Waals surface area contributed by atoms with E-state index in [0.29, 0.717) is 18.3 Å². The van der Waals surface area contributed by atoms with E-state index in [2.05, 4.69) is 46.7 Å². The van der Waals surface area contributed by atoms with Gasteiger partial charge >= 0.3 is 0 Å². The molecule has 0 aliphatic heterocycles. The molecule has 3 rings (SSSR count). The average Bonchev–Trinajstić information content (AvgIpc) is 3.04. The number of methoxy groups -OCH3 is 1. The summed E-state index contributed by atoms with van der Waals surface area (Å²) in [5.74, 6) is 1.89. The van der Waals surface area contributed by atoms with Crippen molar-refractivity contribution in [2.75, 3.05) is 7.11 Å². The van der Waals surface area contributed by atoms with Crippen LogP contribution in [0.5, 0.6) is 5.75 Å². The minimum atomic E-state index is 0.514. The molecule has 0 spiro atoms. The summed E-state index contributed by atoms with van der Waals surface area (Å²) in [6, 6.07) is 15.9. The van der Waals surface area contributed by atoms with Gasteiger partial charge in [-0.15, -0.1) is 10.2 Å². The van der Waals surface area contributed by atoms with Crippen LogP contribution in [-0.4, -0.2) is 17.3 Å². The number of hydrogen-bond donors (Lipinski definition) is 1. The van der Waals surface area contributed by atoms with Crippen molar-refractivity contribution in [1.29, 1.82) is 0 Å². The normalized spacial score (nSPS) is 10.7. The van der Waals surface area contributed by atoms with Crippen LogP contribution >= 0.6 is 0 Å². The predicted molar refractivity (Wildman–Crippen MR) is 88.0 cm³/mol. The van der Waals surface area contributed by atoms with Crippen LogP contribution in [-0.2, 0) is 13.1 Å². The fourth-order valence-electron chi connectivity index (χ4n) is 2.31. The highest BCUT2D eigenvalue weighted by molar-refractivity contribution is 5.53. The molecule has 23 heavy (non-hydrogen) atoms. The fourth-order valence-corrected chi connectivity index (χ4v) is 2.31. The van der Waals surface area contributed by atoms with E-state index in [1.807, 2.05) is 24.3 Å². The first-order valence-electron chi connectivity index (χ1n) is 7.47. The number of ether oxygens (including phenoxy) is 1. The summed E-state index contributed by atoms with van der Waals surface area (Å²) in [6.07, 6.45) is 0. The van der Waals surface area contributed by atoms with Crippen molar-refractivity contribution in [3.8, 4) is 17.2 Å². The van der Waals surface area contributed by atoms with E-state index in [-0.39, 0.29) is 0 Å². The molecule has 5 heteroatoms. The average molecular weight is 309 g/mol. The Bertz CT molecular complexity index is 766. The Balaban J connectivity index is 1.58. The van der Waals surface area contributed by atoms with Gasteiger partial charge in [-0.2, -0.15) is 0 Å². The molecule has 0 bridgehead atoms. The summed E-state index contributed by atoms with van der Waals surface area (Å²) in [6.45, 7) is 3.39. The largest absolute Gasteiger partial charge is 0.497 e. The Labute approximate surface area is 135 Å². The third-order valence-corrected chi connectivity index (χ3v) is 3.49. The van der Waals surface area contributed by atoms with Crippen molar-refractivity contribution in [3.63, 3.8) is 0 Å². The van der Waals surface area contributed by atoms with Crippen LogP contribution in [0.25, 0.3) is 11.5 Å². The molecule has 3 aromatic rings. The van der Waals surface area contributed by atoms with Gasteiger partial charge in [-0.3, -0.25) is 0 Å². The molecular formula is C18H19N3O2. The van der Waals surface area contributed by atoms with E-state index >= 15 is 0 Å². The summed E-state index contributed by atoms with van der Waals surface area (Å²) >= 11 is 0. The lowest BCUT2D eigenvalue weighted by Crippen LogP contribution is -2.12.